The molecule has 2 aromatic heterocycles. The van der Waals surface area contributed by atoms with E-state index in [-0.39, 0.29) is 17.2 Å². The molecule has 7 nitrogen and oxygen atoms in total. The lowest BCUT2D eigenvalue weighted by molar-refractivity contribution is -0.118. The first kappa shape index (κ1) is 21.0. The van der Waals surface area contributed by atoms with Crippen molar-refractivity contribution in [3.8, 4) is 0 Å². The molecule has 0 saturated carbocycles. The van der Waals surface area contributed by atoms with Crippen molar-refractivity contribution in [2.24, 2.45) is 0 Å². The van der Waals surface area contributed by atoms with Crippen LogP contribution in [0.15, 0.2) is 22.6 Å². The Morgan fingerprint density at radius 1 is 1.39 bits per heavy atom. The van der Waals surface area contributed by atoms with Gasteiger partial charge in [0.25, 0.3) is 5.56 Å². The number of allylic oxidation sites excluding steroid dienone is 1. The number of aromatic nitrogens is 2. The molecule has 2 aromatic rings. The zero-order chi connectivity index (χ0) is 20.1. The second-order valence-corrected chi connectivity index (χ2v) is 8.80. The van der Waals surface area contributed by atoms with Gasteiger partial charge < -0.3 is 10.1 Å². The van der Waals surface area contributed by atoms with Crippen molar-refractivity contribution in [3.05, 3.63) is 33.4 Å². The Labute approximate surface area is 172 Å². The highest BCUT2D eigenvalue weighted by molar-refractivity contribution is 7.99. The smallest absolute Gasteiger partial charge is 0.263 e. The van der Waals surface area contributed by atoms with Crippen molar-refractivity contribution < 1.29 is 9.53 Å². The first-order valence-electron chi connectivity index (χ1n) is 9.32. The van der Waals surface area contributed by atoms with Crippen molar-refractivity contribution >= 4 is 39.2 Å². The van der Waals surface area contributed by atoms with Crippen LogP contribution in [0.5, 0.6) is 0 Å². The van der Waals surface area contributed by atoms with Gasteiger partial charge in [0.05, 0.1) is 24.4 Å². The number of aryl methyl sites for hydroxylation is 2. The van der Waals surface area contributed by atoms with Gasteiger partial charge in [-0.05, 0) is 19.4 Å². The largest absolute Gasteiger partial charge is 0.379 e. The summed E-state index contributed by atoms with van der Waals surface area (Å²) in [4.78, 5) is 33.9. The molecule has 0 radical (unpaired) electrons. The van der Waals surface area contributed by atoms with E-state index in [9.17, 15) is 9.59 Å². The summed E-state index contributed by atoms with van der Waals surface area (Å²) in [6, 6.07) is 0. The van der Waals surface area contributed by atoms with Gasteiger partial charge in [-0.2, -0.15) is 0 Å². The summed E-state index contributed by atoms with van der Waals surface area (Å²) < 4.78 is 6.92. The molecule has 1 N–H and O–H groups in total. The van der Waals surface area contributed by atoms with E-state index >= 15 is 0 Å². The maximum atomic E-state index is 12.9. The standard InChI is InChI=1S/C19H26N4O3S2/c1-4-6-23-18(25)16-13(2)14(3)28-17(16)21-19(23)27-12-15(24)20-5-7-22-8-10-26-11-9-22/h4H,1,5-12H2,2-3H3,(H,20,24). The lowest BCUT2D eigenvalue weighted by Crippen LogP contribution is -2.41. The maximum absolute atomic E-state index is 12.9. The summed E-state index contributed by atoms with van der Waals surface area (Å²) in [6.45, 7) is 12.8. The van der Waals surface area contributed by atoms with Gasteiger partial charge in [0.1, 0.15) is 4.83 Å². The molecule has 28 heavy (non-hydrogen) atoms. The number of ether oxygens (including phenoxy) is 1. The van der Waals surface area contributed by atoms with Crippen LogP contribution in [0.2, 0.25) is 0 Å². The van der Waals surface area contributed by atoms with E-state index in [1.165, 1.54) is 23.1 Å². The van der Waals surface area contributed by atoms with Crippen LogP contribution in [0.3, 0.4) is 0 Å². The lowest BCUT2D eigenvalue weighted by atomic mass is 10.2. The minimum atomic E-state index is -0.0676. The quantitative estimate of drug-likeness (QED) is 0.397. The van der Waals surface area contributed by atoms with Crippen LogP contribution < -0.4 is 10.9 Å². The van der Waals surface area contributed by atoms with Crippen molar-refractivity contribution in [3.63, 3.8) is 0 Å². The molecular formula is C19H26N4O3S2. The summed E-state index contributed by atoms with van der Waals surface area (Å²) in [7, 11) is 0. The number of rotatable bonds is 8. The van der Waals surface area contributed by atoms with E-state index < -0.39 is 0 Å². The van der Waals surface area contributed by atoms with Gasteiger partial charge in [0.15, 0.2) is 5.16 Å². The van der Waals surface area contributed by atoms with Crippen molar-refractivity contribution in [1.82, 2.24) is 19.8 Å². The summed E-state index contributed by atoms with van der Waals surface area (Å²) in [5.41, 5.74) is 0.912. The fourth-order valence-electron chi connectivity index (χ4n) is 3.07. The fraction of sp³-hybridized carbons (Fsp3) is 0.526. The third-order valence-corrected chi connectivity index (χ3v) is 6.83. The van der Waals surface area contributed by atoms with Crippen LogP contribution >= 0.6 is 23.1 Å². The number of hydrogen-bond donors (Lipinski definition) is 1. The van der Waals surface area contributed by atoms with E-state index in [0.717, 1.165) is 48.1 Å². The molecule has 1 fully saturated rings. The molecule has 9 heteroatoms. The monoisotopic (exact) mass is 422 g/mol. The van der Waals surface area contributed by atoms with Crippen LogP contribution in [0.25, 0.3) is 10.2 Å². The van der Waals surface area contributed by atoms with Crippen LogP contribution in [-0.4, -0.2) is 65.5 Å². The Bertz CT molecular complexity index is 916. The number of nitrogens with one attached hydrogen (secondary N) is 1. The summed E-state index contributed by atoms with van der Waals surface area (Å²) in [5.74, 6) is 0.165. The van der Waals surface area contributed by atoms with E-state index in [4.69, 9.17) is 4.74 Å². The molecule has 0 unspecified atom stereocenters. The summed E-state index contributed by atoms with van der Waals surface area (Å²) in [6.07, 6.45) is 1.68. The molecule has 1 aliphatic rings. The van der Waals surface area contributed by atoms with Gasteiger partial charge in [-0.1, -0.05) is 17.8 Å². The van der Waals surface area contributed by atoms with E-state index in [0.29, 0.717) is 23.6 Å². The van der Waals surface area contributed by atoms with Crippen LogP contribution in [0.4, 0.5) is 0 Å². The van der Waals surface area contributed by atoms with E-state index in [2.05, 4.69) is 21.8 Å². The van der Waals surface area contributed by atoms with Gasteiger partial charge in [-0.25, -0.2) is 4.98 Å². The number of thioether (sulfide) groups is 1. The molecule has 0 bridgehead atoms. The number of amides is 1. The topological polar surface area (TPSA) is 76.5 Å². The van der Waals surface area contributed by atoms with Crippen molar-refractivity contribution in [1.29, 1.82) is 0 Å². The Kier molecular flexibility index (Phi) is 7.28. The van der Waals surface area contributed by atoms with Gasteiger partial charge in [-0.15, -0.1) is 17.9 Å². The van der Waals surface area contributed by atoms with Gasteiger partial charge in [0.2, 0.25) is 5.91 Å². The average Bonchev–Trinajstić information content (AvgIpc) is 2.97. The normalized spacial score (nSPS) is 15.1. The maximum Gasteiger partial charge on any atom is 0.263 e. The van der Waals surface area contributed by atoms with Gasteiger partial charge in [-0.3, -0.25) is 19.1 Å². The fourth-order valence-corrected chi connectivity index (χ4v) is 4.98. The minimum absolute atomic E-state index is 0.0590. The Hall–Kier alpha value is -1.68. The molecule has 0 aromatic carbocycles. The number of fused-ring (bicyclic) bond motifs is 1. The third-order valence-electron chi connectivity index (χ3n) is 4.75. The Balaban J connectivity index is 1.64. The highest BCUT2D eigenvalue weighted by Crippen LogP contribution is 2.28. The van der Waals surface area contributed by atoms with Crippen LogP contribution in [-0.2, 0) is 16.1 Å². The van der Waals surface area contributed by atoms with Gasteiger partial charge >= 0.3 is 0 Å². The number of nitrogens with zero attached hydrogens (tertiary/aromatic N) is 3. The highest BCUT2D eigenvalue weighted by atomic mass is 32.2. The van der Waals surface area contributed by atoms with Crippen molar-refractivity contribution in [2.45, 2.75) is 25.5 Å². The van der Waals surface area contributed by atoms with Crippen molar-refractivity contribution in [2.75, 3.05) is 45.1 Å². The SMILES string of the molecule is C=CCn1c(SCC(=O)NCCN2CCOCC2)nc2sc(C)c(C)c2c1=O. The van der Waals surface area contributed by atoms with Crippen LogP contribution in [0.1, 0.15) is 10.4 Å². The number of carbonyl (C=O) groups is 1. The zero-order valence-electron chi connectivity index (χ0n) is 16.3. The summed E-state index contributed by atoms with van der Waals surface area (Å²) in [5, 5.41) is 4.17. The first-order chi connectivity index (χ1) is 13.5. The highest BCUT2D eigenvalue weighted by Gasteiger charge is 2.17. The minimum Gasteiger partial charge on any atom is -0.379 e. The molecule has 152 valence electrons. The predicted molar refractivity (Wildman–Crippen MR) is 115 cm³/mol. The molecule has 1 aliphatic heterocycles. The van der Waals surface area contributed by atoms with E-state index in [1.807, 2.05) is 13.8 Å². The molecule has 1 saturated heterocycles. The average molecular weight is 423 g/mol. The molecule has 3 heterocycles. The molecule has 0 spiro atoms. The molecule has 1 amide bonds. The Morgan fingerprint density at radius 2 is 2.14 bits per heavy atom. The van der Waals surface area contributed by atoms with E-state index in [1.54, 1.807) is 10.6 Å². The summed E-state index contributed by atoms with van der Waals surface area (Å²) >= 11 is 2.81. The second-order valence-electron chi connectivity index (χ2n) is 6.65. The number of thiophene rings is 1. The molecule has 0 atom stereocenters. The van der Waals surface area contributed by atoms with Crippen LogP contribution in [0, 0.1) is 13.8 Å². The zero-order valence-corrected chi connectivity index (χ0v) is 18.0. The molecule has 0 aliphatic carbocycles. The third kappa shape index (κ3) is 4.83. The number of hydrogen-bond acceptors (Lipinski definition) is 7. The first-order valence-corrected chi connectivity index (χ1v) is 11.1. The second kappa shape index (κ2) is 9.69. The number of morpholine rings is 1. The van der Waals surface area contributed by atoms with Gasteiger partial charge in [0, 0.05) is 37.6 Å². The number of carbonyl (C=O) groups excluding carboxylic acids is 1. The molecular weight excluding hydrogens is 396 g/mol. The Morgan fingerprint density at radius 3 is 2.86 bits per heavy atom. The molecule has 3 rings (SSSR count). The predicted octanol–water partition coefficient (Wildman–Crippen LogP) is 1.80. The lowest BCUT2D eigenvalue weighted by Gasteiger charge is -2.26.